The molecule has 1 fully saturated rings. The molecule has 0 saturated carbocycles. The number of aromatic nitrogens is 2. The Bertz CT molecular complexity index is 1230. The lowest BCUT2D eigenvalue weighted by Gasteiger charge is -2.36. The topological polar surface area (TPSA) is 90.9 Å². The fraction of sp³-hybridized carbons (Fsp3) is 0.370. The minimum absolute atomic E-state index is 0.202. The number of para-hydroxylation sites is 1. The summed E-state index contributed by atoms with van der Waals surface area (Å²) in [6.45, 7) is 4.74. The predicted molar refractivity (Wildman–Crippen MR) is 143 cm³/mol. The molecule has 0 bridgehead atoms. The minimum atomic E-state index is -0.233. The quantitative estimate of drug-likeness (QED) is 0.572. The van der Waals surface area contributed by atoms with E-state index in [9.17, 15) is 9.59 Å². The van der Waals surface area contributed by atoms with Crippen LogP contribution in [0.5, 0.6) is 0 Å². The number of hydrogen-bond donors (Lipinski definition) is 1. The second-order valence-corrected chi connectivity index (χ2v) is 9.55. The van der Waals surface area contributed by atoms with Crippen molar-refractivity contribution in [3.8, 4) is 0 Å². The zero-order valence-electron chi connectivity index (χ0n) is 20.9. The van der Waals surface area contributed by atoms with E-state index in [1.165, 1.54) is 10.4 Å². The number of carbonyl (C=O) groups is 2. The fourth-order valence-corrected chi connectivity index (χ4v) is 4.97. The molecule has 1 amide bonds. The van der Waals surface area contributed by atoms with Crippen LogP contribution in [0.1, 0.15) is 27.3 Å². The van der Waals surface area contributed by atoms with E-state index in [-0.39, 0.29) is 24.1 Å². The van der Waals surface area contributed by atoms with E-state index < -0.39 is 0 Å². The molecule has 2 aliphatic rings. The molecule has 2 aliphatic heterocycles. The summed E-state index contributed by atoms with van der Waals surface area (Å²) in [5.41, 5.74) is 10.2. The molecule has 1 saturated heterocycles. The van der Waals surface area contributed by atoms with Gasteiger partial charge in [-0.15, -0.1) is 5.10 Å². The van der Waals surface area contributed by atoms with Gasteiger partial charge in [0.25, 0.3) is 5.91 Å². The van der Waals surface area contributed by atoms with Crippen molar-refractivity contribution in [2.24, 2.45) is 0 Å². The van der Waals surface area contributed by atoms with Gasteiger partial charge in [-0.3, -0.25) is 14.5 Å². The molecule has 2 N–H and O–H groups in total. The fourth-order valence-electron chi connectivity index (χ4n) is 4.97. The van der Waals surface area contributed by atoms with Crippen molar-refractivity contribution in [2.75, 3.05) is 73.8 Å². The Morgan fingerprint density at radius 2 is 1.64 bits per heavy atom. The largest absolute Gasteiger partial charge is 0.382 e. The highest BCUT2D eigenvalue weighted by molar-refractivity contribution is 6.09. The summed E-state index contributed by atoms with van der Waals surface area (Å²) < 4.78 is 1.24. The van der Waals surface area contributed by atoms with E-state index in [1.807, 2.05) is 49.3 Å². The summed E-state index contributed by atoms with van der Waals surface area (Å²) >= 11 is 0. The molecule has 0 spiro atoms. The van der Waals surface area contributed by atoms with Gasteiger partial charge in [0.05, 0.1) is 0 Å². The molecular weight excluding hydrogens is 454 g/mol. The van der Waals surface area contributed by atoms with Crippen LogP contribution >= 0.6 is 0 Å². The minimum Gasteiger partial charge on any atom is -0.382 e. The van der Waals surface area contributed by atoms with Gasteiger partial charge in [-0.25, -0.2) is 0 Å². The van der Waals surface area contributed by atoms with Crippen LogP contribution in [-0.4, -0.2) is 79.9 Å². The van der Waals surface area contributed by atoms with Gasteiger partial charge in [0.2, 0.25) is 5.91 Å². The molecule has 3 aromatic rings. The first kappa shape index (κ1) is 23.9. The first-order valence-corrected chi connectivity index (χ1v) is 12.4. The number of amides is 1. The van der Waals surface area contributed by atoms with Crippen molar-refractivity contribution in [1.29, 1.82) is 0 Å². The lowest BCUT2D eigenvalue weighted by Crippen LogP contribution is -2.47. The number of rotatable bonds is 6. The average Bonchev–Trinajstić information content (AvgIpc) is 3.25. The molecule has 0 atom stereocenters. The highest BCUT2D eigenvalue weighted by Gasteiger charge is 2.34. The van der Waals surface area contributed by atoms with Crippen LogP contribution in [0, 0.1) is 0 Å². The van der Waals surface area contributed by atoms with Gasteiger partial charge in [0, 0.05) is 82.4 Å². The van der Waals surface area contributed by atoms with Crippen LogP contribution in [0.4, 0.5) is 22.9 Å². The lowest BCUT2D eigenvalue weighted by atomic mass is 10.0. The Labute approximate surface area is 211 Å². The van der Waals surface area contributed by atoms with Gasteiger partial charge in [-0.1, -0.05) is 18.2 Å². The smallest absolute Gasteiger partial charge is 0.277 e. The zero-order valence-corrected chi connectivity index (χ0v) is 20.9. The van der Waals surface area contributed by atoms with Gasteiger partial charge in [-0.05, 0) is 42.8 Å². The number of nitrogen functional groups attached to an aromatic ring is 1. The van der Waals surface area contributed by atoms with Crippen molar-refractivity contribution in [2.45, 2.75) is 12.8 Å². The number of piperazine rings is 1. The van der Waals surface area contributed by atoms with Crippen LogP contribution in [0.15, 0.2) is 54.6 Å². The van der Waals surface area contributed by atoms with Gasteiger partial charge in [0.1, 0.15) is 11.5 Å². The molecule has 2 aromatic carbocycles. The molecule has 188 valence electrons. The molecule has 36 heavy (non-hydrogen) atoms. The maximum atomic E-state index is 13.5. The lowest BCUT2D eigenvalue weighted by molar-refractivity contribution is 0.0840. The van der Waals surface area contributed by atoms with Crippen molar-refractivity contribution in [3.05, 3.63) is 65.9 Å². The third-order valence-corrected chi connectivity index (χ3v) is 7.10. The monoisotopic (exact) mass is 487 g/mol. The average molecular weight is 488 g/mol. The molecule has 9 heteroatoms. The van der Waals surface area contributed by atoms with E-state index in [1.54, 1.807) is 4.90 Å². The van der Waals surface area contributed by atoms with Crippen molar-refractivity contribution in [3.63, 3.8) is 0 Å². The maximum Gasteiger partial charge on any atom is 0.277 e. The standard InChI is InChI=1S/C27H33N7O2/c1-30(2)20-8-10-22(11-9-20)33-15-12-23-25(27(33)36)34(29-26(23)28)24(35)13-14-31-16-18-32(19-17-31)21-6-4-3-5-7-21/h3-11H,12-19H2,1-2H3,(H2,28,29). The molecule has 0 radical (unpaired) electrons. The number of fused-ring (bicyclic) bond motifs is 1. The Balaban J connectivity index is 1.24. The van der Waals surface area contributed by atoms with Gasteiger partial charge < -0.3 is 20.4 Å². The third-order valence-electron chi connectivity index (χ3n) is 7.10. The second-order valence-electron chi connectivity index (χ2n) is 9.55. The summed E-state index contributed by atoms with van der Waals surface area (Å²) in [5.74, 6) is -0.166. The highest BCUT2D eigenvalue weighted by atomic mass is 16.2. The summed E-state index contributed by atoms with van der Waals surface area (Å²) in [4.78, 5) is 35.0. The first-order chi connectivity index (χ1) is 17.4. The van der Waals surface area contributed by atoms with Gasteiger partial charge in [0.15, 0.2) is 0 Å². The Kier molecular flexibility index (Phi) is 6.65. The van der Waals surface area contributed by atoms with Gasteiger partial charge in [-0.2, -0.15) is 4.68 Å². The summed E-state index contributed by atoms with van der Waals surface area (Å²) in [7, 11) is 3.95. The number of carbonyl (C=O) groups excluding carboxylic acids is 2. The van der Waals surface area contributed by atoms with Crippen LogP contribution in [-0.2, 0) is 6.42 Å². The normalized spacial score (nSPS) is 16.2. The molecule has 3 heterocycles. The zero-order chi connectivity index (χ0) is 25.2. The van der Waals surface area contributed by atoms with Gasteiger partial charge >= 0.3 is 0 Å². The van der Waals surface area contributed by atoms with E-state index >= 15 is 0 Å². The molecule has 5 rings (SSSR count). The Hall–Kier alpha value is -3.85. The second kappa shape index (κ2) is 10.0. The molecule has 9 nitrogen and oxygen atoms in total. The Morgan fingerprint density at radius 3 is 2.31 bits per heavy atom. The van der Waals surface area contributed by atoms with Crippen LogP contribution in [0.25, 0.3) is 0 Å². The Morgan fingerprint density at radius 1 is 0.944 bits per heavy atom. The first-order valence-electron chi connectivity index (χ1n) is 12.4. The number of nitrogens with zero attached hydrogens (tertiary/aromatic N) is 6. The predicted octanol–water partition coefficient (Wildman–Crippen LogP) is 2.59. The molecule has 0 unspecified atom stereocenters. The SMILES string of the molecule is CN(C)c1ccc(N2CCc3c(N)nn(C(=O)CCN4CCN(c5ccccc5)CC4)c3C2=O)cc1. The van der Waals surface area contributed by atoms with E-state index in [0.717, 1.165) is 37.6 Å². The van der Waals surface area contributed by atoms with Crippen molar-refractivity contribution >= 4 is 34.7 Å². The van der Waals surface area contributed by atoms with Crippen LogP contribution in [0.3, 0.4) is 0 Å². The number of benzene rings is 2. The summed E-state index contributed by atoms with van der Waals surface area (Å²) in [6.07, 6.45) is 0.848. The summed E-state index contributed by atoms with van der Waals surface area (Å²) in [6, 6.07) is 18.2. The summed E-state index contributed by atoms with van der Waals surface area (Å²) in [5, 5.41) is 4.29. The van der Waals surface area contributed by atoms with Crippen molar-refractivity contribution in [1.82, 2.24) is 14.7 Å². The van der Waals surface area contributed by atoms with Crippen LogP contribution < -0.4 is 20.4 Å². The number of hydrogen-bond acceptors (Lipinski definition) is 7. The van der Waals surface area contributed by atoms with Crippen molar-refractivity contribution < 1.29 is 9.59 Å². The van der Waals surface area contributed by atoms with E-state index in [4.69, 9.17) is 5.73 Å². The molecule has 0 aliphatic carbocycles. The highest BCUT2D eigenvalue weighted by Crippen LogP contribution is 2.29. The number of anilines is 4. The van der Waals surface area contributed by atoms with E-state index in [0.29, 0.717) is 30.8 Å². The van der Waals surface area contributed by atoms with E-state index in [2.05, 4.69) is 39.2 Å². The maximum absolute atomic E-state index is 13.5. The molecule has 1 aromatic heterocycles. The van der Waals surface area contributed by atoms with Crippen LogP contribution in [0.2, 0.25) is 0 Å². The number of nitrogens with two attached hydrogens (primary N) is 1. The third kappa shape index (κ3) is 4.66. The molecular formula is C27H33N7O2.